The molecule has 2 aliphatic rings. The van der Waals surface area contributed by atoms with Crippen LogP contribution in [-0.2, 0) is 0 Å². The fourth-order valence-electron chi connectivity index (χ4n) is 1.20. The Kier molecular flexibility index (Phi) is 1.32. The average molecular weight is 144 g/mol. The molecule has 0 radical (unpaired) electrons. The van der Waals surface area contributed by atoms with E-state index in [1.807, 2.05) is 24.7 Å². The number of allylic oxidation sites excluding steroid dienone is 3. The van der Waals surface area contributed by atoms with Crippen LogP contribution in [0.25, 0.3) is 0 Å². The number of aliphatic imine (C=N–C) groups is 2. The van der Waals surface area contributed by atoms with Gasteiger partial charge in [-0.3, -0.25) is 9.98 Å². The number of hydrogen-bond donors (Lipinski definition) is 0. The van der Waals surface area contributed by atoms with Crippen LogP contribution < -0.4 is 0 Å². The summed E-state index contributed by atoms with van der Waals surface area (Å²) < 4.78 is 0. The zero-order valence-corrected chi connectivity index (χ0v) is 6.12. The fourth-order valence-corrected chi connectivity index (χ4v) is 1.20. The lowest BCUT2D eigenvalue weighted by molar-refractivity contribution is 1.44. The molecule has 0 spiro atoms. The van der Waals surface area contributed by atoms with E-state index in [0.717, 1.165) is 23.3 Å². The first-order chi connectivity index (χ1) is 5.42. The summed E-state index contributed by atoms with van der Waals surface area (Å²) in [5, 5.41) is 0. The number of hydrogen-bond acceptors (Lipinski definition) is 2. The van der Waals surface area contributed by atoms with Gasteiger partial charge in [0, 0.05) is 36.2 Å². The van der Waals surface area contributed by atoms with Gasteiger partial charge in [-0.05, 0) is 0 Å². The molecule has 0 aromatic heterocycles. The highest BCUT2D eigenvalue weighted by molar-refractivity contribution is 6.15. The highest BCUT2D eigenvalue weighted by Gasteiger charge is 2.17. The third kappa shape index (κ3) is 0.871. The van der Waals surface area contributed by atoms with Gasteiger partial charge in [-0.1, -0.05) is 6.08 Å². The van der Waals surface area contributed by atoms with E-state index in [-0.39, 0.29) is 0 Å². The smallest absolute Gasteiger partial charge is 0.0536 e. The Morgan fingerprint density at radius 3 is 3.18 bits per heavy atom. The van der Waals surface area contributed by atoms with Crippen molar-refractivity contribution in [1.82, 2.24) is 0 Å². The van der Waals surface area contributed by atoms with Crippen molar-refractivity contribution in [1.29, 1.82) is 0 Å². The summed E-state index contributed by atoms with van der Waals surface area (Å²) in [7, 11) is 0. The van der Waals surface area contributed by atoms with Crippen LogP contribution in [0.3, 0.4) is 0 Å². The molecular formula is C9H8N2. The van der Waals surface area contributed by atoms with E-state index in [2.05, 4.69) is 16.6 Å². The molecule has 0 fully saturated rings. The molecule has 0 bridgehead atoms. The first kappa shape index (κ1) is 6.28. The molecule has 0 saturated heterocycles. The van der Waals surface area contributed by atoms with E-state index in [1.54, 1.807) is 0 Å². The number of nitrogens with zero attached hydrogens (tertiary/aromatic N) is 2. The quantitative estimate of drug-likeness (QED) is 0.528. The molecule has 0 N–H and O–H groups in total. The Bertz CT molecular complexity index is 316. The van der Waals surface area contributed by atoms with Crippen molar-refractivity contribution in [3.8, 4) is 0 Å². The monoisotopic (exact) mass is 144 g/mol. The highest BCUT2D eigenvalue weighted by atomic mass is 14.8. The molecule has 54 valence electrons. The zero-order chi connectivity index (χ0) is 7.68. The molecule has 2 heterocycles. The van der Waals surface area contributed by atoms with Crippen molar-refractivity contribution in [3.63, 3.8) is 0 Å². The van der Waals surface area contributed by atoms with Crippen LogP contribution in [0.4, 0.5) is 0 Å². The van der Waals surface area contributed by atoms with Gasteiger partial charge < -0.3 is 0 Å². The second-order valence-electron chi connectivity index (χ2n) is 2.47. The first-order valence-corrected chi connectivity index (χ1v) is 3.53. The third-order valence-electron chi connectivity index (χ3n) is 1.74. The predicted molar refractivity (Wildman–Crippen MR) is 46.9 cm³/mol. The molecule has 0 aliphatic carbocycles. The van der Waals surface area contributed by atoms with Gasteiger partial charge in [0.05, 0.1) is 5.71 Å². The normalized spacial score (nSPS) is 19.1. The van der Waals surface area contributed by atoms with Crippen molar-refractivity contribution < 1.29 is 0 Å². The SMILES string of the molecule is C=CCC1=NC=C2C=NC=C21. The van der Waals surface area contributed by atoms with Crippen LogP contribution in [0.5, 0.6) is 0 Å². The van der Waals surface area contributed by atoms with Gasteiger partial charge >= 0.3 is 0 Å². The predicted octanol–water partition coefficient (Wildman–Crippen LogP) is 1.87. The Labute approximate surface area is 65.4 Å². The largest absolute Gasteiger partial charge is 0.263 e. The molecule has 11 heavy (non-hydrogen) atoms. The molecule has 2 rings (SSSR count). The summed E-state index contributed by atoms with van der Waals surface area (Å²) in [6.45, 7) is 3.67. The van der Waals surface area contributed by atoms with Crippen LogP contribution in [-0.4, -0.2) is 11.9 Å². The summed E-state index contributed by atoms with van der Waals surface area (Å²) in [6, 6.07) is 0. The van der Waals surface area contributed by atoms with E-state index < -0.39 is 0 Å². The van der Waals surface area contributed by atoms with Crippen molar-refractivity contribution >= 4 is 11.9 Å². The van der Waals surface area contributed by atoms with Gasteiger partial charge in [0.2, 0.25) is 0 Å². The lowest BCUT2D eigenvalue weighted by Crippen LogP contribution is -1.96. The molecule has 2 nitrogen and oxygen atoms in total. The third-order valence-corrected chi connectivity index (χ3v) is 1.74. The average Bonchev–Trinajstić information content (AvgIpc) is 2.53. The van der Waals surface area contributed by atoms with Crippen LogP contribution >= 0.6 is 0 Å². The van der Waals surface area contributed by atoms with E-state index in [4.69, 9.17) is 0 Å². The lowest BCUT2D eigenvalue weighted by atomic mass is 10.1. The number of rotatable bonds is 2. The summed E-state index contributed by atoms with van der Waals surface area (Å²) >= 11 is 0. The molecule has 0 unspecified atom stereocenters. The molecule has 2 aliphatic heterocycles. The molecular weight excluding hydrogens is 136 g/mol. The van der Waals surface area contributed by atoms with Gasteiger partial charge in [-0.25, -0.2) is 0 Å². The molecule has 0 aromatic rings. The Morgan fingerprint density at radius 1 is 1.45 bits per heavy atom. The Balaban J connectivity index is 2.26. The van der Waals surface area contributed by atoms with Crippen molar-refractivity contribution in [2.45, 2.75) is 6.42 Å². The number of fused-ring (bicyclic) bond motifs is 1. The van der Waals surface area contributed by atoms with Crippen LogP contribution in [0.15, 0.2) is 46.2 Å². The second kappa shape index (κ2) is 2.31. The first-order valence-electron chi connectivity index (χ1n) is 3.53. The summed E-state index contributed by atoms with van der Waals surface area (Å²) in [6.07, 6.45) is 8.21. The maximum absolute atomic E-state index is 4.23. The van der Waals surface area contributed by atoms with E-state index >= 15 is 0 Å². The maximum Gasteiger partial charge on any atom is 0.0536 e. The van der Waals surface area contributed by atoms with Crippen LogP contribution in [0, 0.1) is 0 Å². The lowest BCUT2D eigenvalue weighted by Gasteiger charge is -1.95. The van der Waals surface area contributed by atoms with Crippen molar-refractivity contribution in [2.24, 2.45) is 9.98 Å². The van der Waals surface area contributed by atoms with Crippen LogP contribution in [0.1, 0.15) is 6.42 Å². The fraction of sp³-hybridized carbons (Fsp3) is 0.111. The van der Waals surface area contributed by atoms with Gasteiger partial charge in [0.1, 0.15) is 0 Å². The summed E-state index contributed by atoms with van der Waals surface area (Å²) in [5.74, 6) is 0. The topological polar surface area (TPSA) is 24.7 Å². The van der Waals surface area contributed by atoms with E-state index in [0.29, 0.717) is 0 Å². The standard InChI is InChI=1S/C9H8N2/c1-2-3-9-8-6-10-4-7(8)5-11-9/h2,4-6H,1,3H2. The molecule has 0 saturated carbocycles. The van der Waals surface area contributed by atoms with E-state index in [1.165, 1.54) is 0 Å². The summed E-state index contributed by atoms with van der Waals surface area (Å²) in [4.78, 5) is 8.26. The maximum atomic E-state index is 4.23. The van der Waals surface area contributed by atoms with Crippen LogP contribution in [0.2, 0.25) is 0 Å². The van der Waals surface area contributed by atoms with Gasteiger partial charge in [-0.2, -0.15) is 0 Å². The zero-order valence-electron chi connectivity index (χ0n) is 6.12. The van der Waals surface area contributed by atoms with Gasteiger partial charge in [-0.15, -0.1) is 6.58 Å². The Hall–Kier alpha value is -1.44. The van der Waals surface area contributed by atoms with Crippen molar-refractivity contribution in [3.05, 3.63) is 36.2 Å². The molecule has 0 aromatic carbocycles. The molecule has 0 atom stereocenters. The highest BCUT2D eigenvalue weighted by Crippen LogP contribution is 2.23. The van der Waals surface area contributed by atoms with Gasteiger partial charge in [0.25, 0.3) is 0 Å². The second-order valence-corrected chi connectivity index (χ2v) is 2.47. The minimum Gasteiger partial charge on any atom is -0.263 e. The molecule has 2 heteroatoms. The van der Waals surface area contributed by atoms with Gasteiger partial charge in [0.15, 0.2) is 0 Å². The molecule has 0 amide bonds. The summed E-state index contributed by atoms with van der Waals surface area (Å²) in [5.41, 5.74) is 3.36. The van der Waals surface area contributed by atoms with E-state index in [9.17, 15) is 0 Å². The van der Waals surface area contributed by atoms with Crippen molar-refractivity contribution in [2.75, 3.05) is 0 Å². The minimum atomic E-state index is 0.829. The Morgan fingerprint density at radius 2 is 2.36 bits per heavy atom. The minimum absolute atomic E-state index is 0.829.